The van der Waals surface area contributed by atoms with Gasteiger partial charge in [-0.3, -0.25) is 4.79 Å². The molecule has 0 aliphatic carbocycles. The molecule has 0 radical (unpaired) electrons. The number of benzene rings is 1. The van der Waals surface area contributed by atoms with Gasteiger partial charge in [-0.15, -0.1) is 0 Å². The normalized spacial score (nSPS) is 20.9. The number of likely N-dealkylation sites (tertiary alicyclic amines) is 2. The Kier molecular flexibility index (Phi) is 6.76. The first-order valence-corrected chi connectivity index (χ1v) is 11.9. The Morgan fingerprint density at radius 3 is 2.48 bits per heavy atom. The zero-order chi connectivity index (χ0) is 19.3. The maximum atomic E-state index is 12.9. The van der Waals surface area contributed by atoms with Crippen LogP contribution >= 0.6 is 0 Å². The van der Waals surface area contributed by atoms with E-state index >= 15 is 0 Å². The number of hydrogen-bond acceptors (Lipinski definition) is 5. The maximum absolute atomic E-state index is 12.9. The van der Waals surface area contributed by atoms with Gasteiger partial charge in [-0.05, 0) is 69.5 Å². The first kappa shape index (κ1) is 20.1. The molecule has 0 spiro atoms. The summed E-state index contributed by atoms with van der Waals surface area (Å²) in [7, 11) is -2.95. The molecule has 27 heavy (non-hydrogen) atoms. The molecule has 0 unspecified atom stereocenters. The van der Waals surface area contributed by atoms with Crippen LogP contribution in [0.3, 0.4) is 0 Å². The van der Waals surface area contributed by atoms with Gasteiger partial charge in [-0.25, -0.2) is 8.42 Å². The summed E-state index contributed by atoms with van der Waals surface area (Å²) in [6.07, 6.45) is 6.39. The summed E-state index contributed by atoms with van der Waals surface area (Å²) in [5.74, 6) is 0.882. The summed E-state index contributed by atoms with van der Waals surface area (Å²) in [4.78, 5) is 17.4. The molecule has 2 heterocycles. The average molecular weight is 395 g/mol. The van der Waals surface area contributed by atoms with Gasteiger partial charge in [0.1, 0.15) is 15.6 Å². The van der Waals surface area contributed by atoms with Crippen LogP contribution in [0.15, 0.2) is 24.3 Å². The second kappa shape index (κ2) is 9.06. The third-order valence-electron chi connectivity index (χ3n) is 5.34. The van der Waals surface area contributed by atoms with Gasteiger partial charge >= 0.3 is 0 Å². The molecule has 7 heteroatoms. The Labute approximate surface area is 162 Å². The lowest BCUT2D eigenvalue weighted by Gasteiger charge is -2.28. The van der Waals surface area contributed by atoms with Crippen LogP contribution in [0.5, 0.6) is 5.75 Å². The molecule has 150 valence electrons. The lowest BCUT2D eigenvalue weighted by molar-refractivity contribution is 0.0708. The van der Waals surface area contributed by atoms with Crippen molar-refractivity contribution in [1.82, 2.24) is 9.80 Å². The van der Waals surface area contributed by atoms with Crippen LogP contribution in [-0.4, -0.2) is 75.0 Å². The van der Waals surface area contributed by atoms with E-state index in [-0.39, 0.29) is 11.7 Å². The van der Waals surface area contributed by atoms with E-state index < -0.39 is 9.84 Å². The van der Waals surface area contributed by atoms with E-state index in [0.29, 0.717) is 30.4 Å². The van der Waals surface area contributed by atoms with Crippen molar-refractivity contribution in [2.24, 2.45) is 0 Å². The molecule has 2 aliphatic heterocycles. The molecule has 2 fully saturated rings. The molecular formula is C20H30N2O4S. The summed E-state index contributed by atoms with van der Waals surface area (Å²) < 4.78 is 27.8. The van der Waals surface area contributed by atoms with Crippen LogP contribution in [0.25, 0.3) is 0 Å². The summed E-state index contributed by atoms with van der Waals surface area (Å²) in [5.41, 5.74) is 0.687. The number of rotatable bonds is 8. The van der Waals surface area contributed by atoms with E-state index in [2.05, 4.69) is 4.90 Å². The van der Waals surface area contributed by atoms with Gasteiger partial charge in [0.2, 0.25) is 0 Å². The van der Waals surface area contributed by atoms with E-state index in [1.54, 1.807) is 24.3 Å². The first-order chi connectivity index (χ1) is 12.9. The molecule has 0 N–H and O–H groups in total. The fourth-order valence-electron chi connectivity index (χ4n) is 3.93. The molecule has 2 saturated heterocycles. The van der Waals surface area contributed by atoms with Crippen LogP contribution < -0.4 is 4.74 Å². The van der Waals surface area contributed by atoms with Gasteiger partial charge in [0.25, 0.3) is 5.91 Å². The lowest BCUT2D eigenvalue weighted by atomic mass is 10.1. The Hall–Kier alpha value is -1.60. The molecule has 1 aromatic rings. The lowest BCUT2D eigenvalue weighted by Crippen LogP contribution is -2.42. The predicted molar refractivity (Wildman–Crippen MR) is 106 cm³/mol. The van der Waals surface area contributed by atoms with Crippen LogP contribution in [0.4, 0.5) is 0 Å². The van der Waals surface area contributed by atoms with Gasteiger partial charge in [0, 0.05) is 31.0 Å². The van der Waals surface area contributed by atoms with Gasteiger partial charge < -0.3 is 14.5 Å². The summed E-state index contributed by atoms with van der Waals surface area (Å²) in [5, 5.41) is 0. The Bertz CT molecular complexity index is 727. The molecule has 1 amide bonds. The van der Waals surface area contributed by atoms with Gasteiger partial charge in [-0.2, -0.15) is 0 Å². The van der Waals surface area contributed by atoms with Crippen molar-refractivity contribution >= 4 is 15.7 Å². The minimum Gasteiger partial charge on any atom is -0.494 e. The highest BCUT2D eigenvalue weighted by atomic mass is 32.2. The zero-order valence-corrected chi connectivity index (χ0v) is 16.9. The molecule has 0 aromatic heterocycles. The third-order valence-corrected chi connectivity index (χ3v) is 6.37. The Morgan fingerprint density at radius 2 is 1.81 bits per heavy atom. The number of nitrogens with zero attached hydrogens (tertiary/aromatic N) is 2. The molecule has 1 atom stereocenters. The van der Waals surface area contributed by atoms with Crippen LogP contribution in [0.1, 0.15) is 42.5 Å². The highest BCUT2D eigenvalue weighted by Gasteiger charge is 2.31. The van der Waals surface area contributed by atoms with Crippen molar-refractivity contribution in [2.45, 2.75) is 38.1 Å². The van der Waals surface area contributed by atoms with E-state index in [4.69, 9.17) is 4.74 Å². The van der Waals surface area contributed by atoms with Crippen molar-refractivity contribution < 1.29 is 17.9 Å². The largest absolute Gasteiger partial charge is 0.494 e. The van der Waals surface area contributed by atoms with Crippen molar-refractivity contribution in [3.63, 3.8) is 0 Å². The van der Waals surface area contributed by atoms with Crippen LogP contribution in [-0.2, 0) is 9.84 Å². The Morgan fingerprint density at radius 1 is 1.11 bits per heavy atom. The molecule has 2 aliphatic rings. The quantitative estimate of drug-likeness (QED) is 0.633. The molecule has 6 nitrogen and oxygen atoms in total. The number of sulfone groups is 1. The smallest absolute Gasteiger partial charge is 0.254 e. The molecule has 0 bridgehead atoms. The molecular weight excluding hydrogens is 364 g/mol. The van der Waals surface area contributed by atoms with Crippen LogP contribution in [0, 0.1) is 0 Å². The van der Waals surface area contributed by atoms with Gasteiger partial charge in [-0.1, -0.05) is 0 Å². The van der Waals surface area contributed by atoms with Crippen molar-refractivity contribution in [3.8, 4) is 5.75 Å². The molecule has 3 rings (SSSR count). The number of hydrogen-bond donors (Lipinski definition) is 0. The van der Waals surface area contributed by atoms with E-state index in [0.717, 1.165) is 39.0 Å². The highest BCUT2D eigenvalue weighted by molar-refractivity contribution is 7.90. The monoisotopic (exact) mass is 394 g/mol. The third kappa shape index (κ3) is 5.94. The van der Waals surface area contributed by atoms with Crippen molar-refractivity contribution in [3.05, 3.63) is 29.8 Å². The fraction of sp³-hybridized carbons (Fsp3) is 0.650. The fourth-order valence-corrected chi connectivity index (χ4v) is 4.57. The van der Waals surface area contributed by atoms with E-state index in [1.807, 2.05) is 4.90 Å². The Balaban J connectivity index is 1.51. The molecule has 1 aromatic carbocycles. The van der Waals surface area contributed by atoms with Crippen molar-refractivity contribution in [1.29, 1.82) is 0 Å². The van der Waals surface area contributed by atoms with Gasteiger partial charge in [0.05, 0.1) is 12.4 Å². The summed E-state index contributed by atoms with van der Waals surface area (Å²) >= 11 is 0. The van der Waals surface area contributed by atoms with Crippen molar-refractivity contribution in [2.75, 3.05) is 44.8 Å². The first-order valence-electron chi connectivity index (χ1n) is 9.86. The summed E-state index contributed by atoms with van der Waals surface area (Å²) in [6.45, 7) is 4.49. The maximum Gasteiger partial charge on any atom is 0.254 e. The topological polar surface area (TPSA) is 66.9 Å². The predicted octanol–water partition coefficient (Wildman–Crippen LogP) is 2.20. The second-order valence-corrected chi connectivity index (χ2v) is 9.92. The number of amides is 1. The van der Waals surface area contributed by atoms with Gasteiger partial charge in [0.15, 0.2) is 0 Å². The van der Waals surface area contributed by atoms with Crippen LogP contribution in [0.2, 0.25) is 0 Å². The average Bonchev–Trinajstić information content (AvgIpc) is 3.30. The second-order valence-electron chi connectivity index (χ2n) is 7.66. The summed E-state index contributed by atoms with van der Waals surface area (Å²) in [6, 6.07) is 7.51. The SMILES string of the molecule is CS(=O)(=O)CCCOc1ccc(C(=O)N2CCC[C@H]2CN2CCCC2)cc1. The molecule has 0 saturated carbocycles. The minimum absolute atomic E-state index is 0.0975. The minimum atomic E-state index is -2.95. The zero-order valence-electron chi connectivity index (χ0n) is 16.1. The highest BCUT2D eigenvalue weighted by Crippen LogP contribution is 2.23. The standard InChI is InChI=1S/C20H30N2O4S/c1-27(24,25)15-5-14-26-19-9-7-17(8-10-19)20(23)22-13-4-6-18(22)16-21-11-2-3-12-21/h7-10,18H,2-6,11-16H2,1H3/t18-/m0/s1. The number of carbonyl (C=O) groups excluding carboxylic acids is 1. The number of ether oxygens (including phenoxy) is 1. The van der Waals surface area contributed by atoms with E-state index in [1.165, 1.54) is 19.1 Å². The van der Waals surface area contributed by atoms with E-state index in [9.17, 15) is 13.2 Å². The number of carbonyl (C=O) groups is 1.